The number of carbonyl (C=O) groups excluding carboxylic acids is 1. The average Bonchev–Trinajstić information content (AvgIpc) is 2.71. The van der Waals surface area contributed by atoms with E-state index in [2.05, 4.69) is 42.9 Å². The Kier molecular flexibility index (Phi) is 6.38. The highest BCUT2D eigenvalue weighted by Crippen LogP contribution is 2.40. The highest BCUT2D eigenvalue weighted by molar-refractivity contribution is 5.79. The van der Waals surface area contributed by atoms with Crippen molar-refractivity contribution in [3.8, 4) is 5.75 Å². The second-order valence-electron chi connectivity index (χ2n) is 9.93. The van der Waals surface area contributed by atoms with Crippen molar-refractivity contribution in [2.45, 2.75) is 65.2 Å². The molecule has 0 spiro atoms. The van der Waals surface area contributed by atoms with Gasteiger partial charge in [-0.25, -0.2) is 9.97 Å². The standard InChI is InChI=1S/C25H34N4O3/c1-16-14-29(15-17(2)32-16)24-26-13-20-21(11-25(3,4)12-22(20)28-24)27-23(30)10-18-7-6-8-19(9-18)31-5/h6-9,13,16-17,21H,10-12,14-15H2,1-5H3,(H,27,30)/t16-,17+,21-/m1/s1. The van der Waals surface area contributed by atoms with E-state index in [0.717, 1.165) is 54.4 Å². The van der Waals surface area contributed by atoms with Crippen LogP contribution in [0.4, 0.5) is 5.95 Å². The fraction of sp³-hybridized carbons (Fsp3) is 0.560. The molecule has 7 nitrogen and oxygen atoms in total. The molecule has 1 fully saturated rings. The smallest absolute Gasteiger partial charge is 0.225 e. The van der Waals surface area contributed by atoms with Crippen LogP contribution in [0.15, 0.2) is 30.5 Å². The van der Waals surface area contributed by atoms with Gasteiger partial charge in [-0.15, -0.1) is 0 Å². The maximum atomic E-state index is 12.9. The van der Waals surface area contributed by atoms with Crippen molar-refractivity contribution in [3.05, 3.63) is 47.3 Å². The van der Waals surface area contributed by atoms with Gasteiger partial charge in [-0.05, 0) is 49.8 Å². The summed E-state index contributed by atoms with van der Waals surface area (Å²) in [5, 5.41) is 3.24. The maximum absolute atomic E-state index is 12.9. The third kappa shape index (κ3) is 5.21. The number of carbonyl (C=O) groups is 1. The normalized spacial score (nSPS) is 24.5. The van der Waals surface area contributed by atoms with Crippen LogP contribution in [0.5, 0.6) is 5.75 Å². The minimum atomic E-state index is -0.0940. The molecule has 2 aromatic rings. The Balaban J connectivity index is 1.52. The Bertz CT molecular complexity index is 967. The van der Waals surface area contributed by atoms with E-state index in [1.165, 1.54) is 0 Å². The summed E-state index contributed by atoms with van der Waals surface area (Å²) in [6, 6.07) is 7.54. The lowest BCUT2D eigenvalue weighted by molar-refractivity contribution is -0.121. The number of benzene rings is 1. The van der Waals surface area contributed by atoms with Crippen LogP contribution in [0, 0.1) is 5.41 Å². The summed E-state index contributed by atoms with van der Waals surface area (Å²) in [5.41, 5.74) is 3.03. The number of hydrogen-bond donors (Lipinski definition) is 1. The Morgan fingerprint density at radius 3 is 2.75 bits per heavy atom. The van der Waals surface area contributed by atoms with E-state index in [1.807, 2.05) is 30.5 Å². The summed E-state index contributed by atoms with van der Waals surface area (Å²) < 4.78 is 11.1. The Morgan fingerprint density at radius 2 is 2.03 bits per heavy atom. The molecule has 1 aromatic heterocycles. The van der Waals surface area contributed by atoms with Crippen molar-refractivity contribution in [1.82, 2.24) is 15.3 Å². The third-order valence-electron chi connectivity index (χ3n) is 6.20. The van der Waals surface area contributed by atoms with E-state index in [9.17, 15) is 4.79 Å². The second kappa shape index (κ2) is 9.06. The van der Waals surface area contributed by atoms with Crippen molar-refractivity contribution in [2.75, 3.05) is 25.1 Å². The Morgan fingerprint density at radius 1 is 1.28 bits per heavy atom. The van der Waals surface area contributed by atoms with Gasteiger partial charge in [0.25, 0.3) is 0 Å². The number of fused-ring (bicyclic) bond motifs is 1. The van der Waals surface area contributed by atoms with Crippen LogP contribution in [0.1, 0.15) is 57.0 Å². The number of aromatic nitrogens is 2. The minimum Gasteiger partial charge on any atom is -0.497 e. The van der Waals surface area contributed by atoms with E-state index in [1.54, 1.807) is 7.11 Å². The predicted molar refractivity (Wildman–Crippen MR) is 124 cm³/mol. The van der Waals surface area contributed by atoms with Gasteiger partial charge in [0.2, 0.25) is 11.9 Å². The van der Waals surface area contributed by atoms with E-state index in [0.29, 0.717) is 6.42 Å². The Hall–Kier alpha value is -2.67. The van der Waals surface area contributed by atoms with E-state index in [-0.39, 0.29) is 29.6 Å². The molecule has 1 N–H and O–H groups in total. The second-order valence-corrected chi connectivity index (χ2v) is 9.93. The fourth-order valence-corrected chi connectivity index (χ4v) is 4.87. The van der Waals surface area contributed by atoms with Gasteiger partial charge in [-0.2, -0.15) is 0 Å². The number of rotatable bonds is 5. The molecule has 1 aromatic carbocycles. The van der Waals surface area contributed by atoms with Gasteiger partial charge in [0.1, 0.15) is 5.75 Å². The van der Waals surface area contributed by atoms with Gasteiger partial charge in [0.05, 0.1) is 37.5 Å². The zero-order valence-corrected chi connectivity index (χ0v) is 19.7. The SMILES string of the molecule is COc1cccc(CC(=O)N[C@@H]2CC(C)(C)Cc3nc(N4C[C@@H](C)O[C@@H](C)C4)ncc32)c1. The minimum absolute atomic E-state index is 0.00758. The van der Waals surface area contributed by atoms with E-state index in [4.69, 9.17) is 14.5 Å². The number of nitrogens with one attached hydrogen (secondary N) is 1. The van der Waals surface area contributed by atoms with Gasteiger partial charge in [-0.3, -0.25) is 4.79 Å². The quantitative estimate of drug-likeness (QED) is 0.770. The summed E-state index contributed by atoms with van der Waals surface area (Å²) in [5.74, 6) is 1.50. The molecule has 2 heterocycles. The first kappa shape index (κ1) is 22.5. The van der Waals surface area contributed by atoms with Crippen LogP contribution in [0.2, 0.25) is 0 Å². The number of anilines is 1. The average molecular weight is 439 g/mol. The highest BCUT2D eigenvalue weighted by Gasteiger charge is 2.35. The molecule has 0 bridgehead atoms. The number of amides is 1. The summed E-state index contributed by atoms with van der Waals surface area (Å²) in [6.07, 6.45) is 4.25. The molecule has 1 aliphatic carbocycles. The highest BCUT2D eigenvalue weighted by atomic mass is 16.5. The first-order chi connectivity index (χ1) is 15.2. The molecule has 0 radical (unpaired) electrons. The summed E-state index contributed by atoms with van der Waals surface area (Å²) in [4.78, 5) is 24.7. The lowest BCUT2D eigenvalue weighted by Crippen LogP contribution is -2.46. The van der Waals surface area contributed by atoms with Crippen molar-refractivity contribution in [2.24, 2.45) is 5.41 Å². The number of morpholine rings is 1. The van der Waals surface area contributed by atoms with Gasteiger partial charge in [0.15, 0.2) is 0 Å². The van der Waals surface area contributed by atoms with Crippen LogP contribution in [0.3, 0.4) is 0 Å². The zero-order valence-electron chi connectivity index (χ0n) is 19.7. The van der Waals surface area contributed by atoms with Crippen molar-refractivity contribution in [3.63, 3.8) is 0 Å². The van der Waals surface area contributed by atoms with Crippen molar-refractivity contribution < 1.29 is 14.3 Å². The number of nitrogens with zero attached hydrogens (tertiary/aromatic N) is 3. The monoisotopic (exact) mass is 438 g/mol. The number of hydrogen-bond acceptors (Lipinski definition) is 6. The zero-order chi connectivity index (χ0) is 22.9. The summed E-state index contributed by atoms with van der Waals surface area (Å²) in [7, 11) is 1.63. The molecular weight excluding hydrogens is 404 g/mol. The lowest BCUT2D eigenvalue weighted by Gasteiger charge is -2.38. The molecule has 4 rings (SSSR count). The molecule has 7 heteroatoms. The molecule has 0 unspecified atom stereocenters. The van der Waals surface area contributed by atoms with E-state index < -0.39 is 0 Å². The third-order valence-corrected chi connectivity index (χ3v) is 6.20. The van der Waals surface area contributed by atoms with Gasteiger partial charge < -0.3 is 19.7 Å². The largest absolute Gasteiger partial charge is 0.497 e. The molecule has 1 amide bonds. The molecule has 1 saturated heterocycles. The van der Waals surface area contributed by atoms with Crippen LogP contribution >= 0.6 is 0 Å². The molecule has 2 aliphatic rings. The van der Waals surface area contributed by atoms with Gasteiger partial charge in [-0.1, -0.05) is 26.0 Å². The fourth-order valence-electron chi connectivity index (χ4n) is 4.87. The lowest BCUT2D eigenvalue weighted by atomic mass is 9.74. The first-order valence-electron chi connectivity index (χ1n) is 11.4. The van der Waals surface area contributed by atoms with Crippen molar-refractivity contribution >= 4 is 11.9 Å². The van der Waals surface area contributed by atoms with Crippen molar-refractivity contribution in [1.29, 1.82) is 0 Å². The molecule has 0 saturated carbocycles. The van der Waals surface area contributed by atoms with Crippen LogP contribution in [-0.2, 0) is 22.4 Å². The van der Waals surface area contributed by atoms with Crippen LogP contribution < -0.4 is 15.0 Å². The predicted octanol–water partition coefficient (Wildman–Crippen LogP) is 3.47. The Labute approximate surface area is 190 Å². The molecule has 3 atom stereocenters. The molecule has 172 valence electrons. The van der Waals surface area contributed by atoms with E-state index >= 15 is 0 Å². The van der Waals surface area contributed by atoms with Crippen LogP contribution in [-0.4, -0.2) is 48.3 Å². The topological polar surface area (TPSA) is 76.6 Å². The van der Waals surface area contributed by atoms with Gasteiger partial charge in [0, 0.05) is 24.8 Å². The number of methoxy groups -OCH3 is 1. The molecule has 32 heavy (non-hydrogen) atoms. The summed E-state index contributed by atoms with van der Waals surface area (Å²) >= 11 is 0. The maximum Gasteiger partial charge on any atom is 0.225 e. The first-order valence-corrected chi connectivity index (χ1v) is 11.4. The molecular formula is C25H34N4O3. The number of ether oxygens (including phenoxy) is 2. The van der Waals surface area contributed by atoms with Crippen LogP contribution in [0.25, 0.3) is 0 Å². The molecule has 1 aliphatic heterocycles. The summed E-state index contributed by atoms with van der Waals surface area (Å²) in [6.45, 7) is 10.2. The van der Waals surface area contributed by atoms with Gasteiger partial charge >= 0.3 is 0 Å².